The van der Waals surface area contributed by atoms with E-state index in [1.807, 2.05) is 0 Å². The van der Waals surface area contributed by atoms with Crippen LogP contribution in [0.3, 0.4) is 0 Å². The monoisotopic (exact) mass is 447 g/mol. The Morgan fingerprint density at radius 2 is 1.84 bits per heavy atom. The number of methoxy groups -OCH3 is 2. The van der Waals surface area contributed by atoms with Crippen LogP contribution in [0.4, 0.5) is 11.4 Å². The number of sulfonamides is 1. The summed E-state index contributed by atoms with van der Waals surface area (Å²) in [5.41, 5.74) is 0.638. The molecule has 0 aliphatic heterocycles. The fraction of sp³-hybridized carbons (Fsp3) is 0.238. The van der Waals surface area contributed by atoms with Gasteiger partial charge in [-0.15, -0.1) is 6.58 Å². The van der Waals surface area contributed by atoms with Gasteiger partial charge in [0.05, 0.1) is 37.4 Å². The lowest BCUT2D eigenvalue weighted by Crippen LogP contribution is -2.38. The van der Waals surface area contributed by atoms with Crippen molar-refractivity contribution >= 4 is 33.2 Å². The lowest BCUT2D eigenvalue weighted by Gasteiger charge is -2.24. The predicted octanol–water partition coefficient (Wildman–Crippen LogP) is 2.02. The third kappa shape index (κ3) is 6.22. The molecule has 0 unspecified atom stereocenters. The van der Waals surface area contributed by atoms with E-state index >= 15 is 0 Å². The van der Waals surface area contributed by atoms with Gasteiger partial charge in [0.1, 0.15) is 18.0 Å². The van der Waals surface area contributed by atoms with Gasteiger partial charge in [0.2, 0.25) is 15.9 Å². The number of benzene rings is 2. The van der Waals surface area contributed by atoms with Crippen LogP contribution in [0.25, 0.3) is 0 Å². The minimum atomic E-state index is -3.85. The first kappa shape index (κ1) is 23.7. The van der Waals surface area contributed by atoms with E-state index in [9.17, 15) is 18.0 Å². The van der Waals surface area contributed by atoms with Gasteiger partial charge in [0.15, 0.2) is 0 Å². The third-order valence-corrected chi connectivity index (χ3v) is 5.32. The molecule has 2 aromatic carbocycles. The summed E-state index contributed by atoms with van der Waals surface area (Å²) in [6, 6.07) is 11.0. The van der Waals surface area contributed by atoms with Crippen molar-refractivity contribution < 1.29 is 27.5 Å². The van der Waals surface area contributed by atoms with Gasteiger partial charge in [-0.3, -0.25) is 13.9 Å². The van der Waals surface area contributed by atoms with E-state index in [1.54, 1.807) is 36.4 Å². The SMILES string of the molecule is C=CCNC(=O)c1ccccc1NC(=O)CN(c1cc(OC)ccc1OC)S(C)(=O)=O. The van der Waals surface area contributed by atoms with Gasteiger partial charge in [-0.05, 0) is 24.3 Å². The van der Waals surface area contributed by atoms with Crippen molar-refractivity contribution in [3.05, 3.63) is 60.7 Å². The van der Waals surface area contributed by atoms with Crippen molar-refractivity contribution in [2.75, 3.05) is 43.2 Å². The van der Waals surface area contributed by atoms with Crippen molar-refractivity contribution in [1.82, 2.24) is 5.32 Å². The van der Waals surface area contributed by atoms with Crippen LogP contribution in [0, 0.1) is 0 Å². The smallest absolute Gasteiger partial charge is 0.253 e. The van der Waals surface area contributed by atoms with Gasteiger partial charge in [0, 0.05) is 12.6 Å². The zero-order chi connectivity index (χ0) is 23.0. The first-order valence-electron chi connectivity index (χ1n) is 9.19. The Hall–Kier alpha value is -3.53. The Bertz CT molecular complexity index is 1070. The van der Waals surface area contributed by atoms with Crippen LogP contribution in [0.15, 0.2) is 55.1 Å². The molecule has 0 aliphatic carbocycles. The van der Waals surface area contributed by atoms with E-state index in [2.05, 4.69) is 17.2 Å². The molecular formula is C21H25N3O6S. The van der Waals surface area contributed by atoms with Crippen LogP contribution >= 0.6 is 0 Å². The van der Waals surface area contributed by atoms with Crippen molar-refractivity contribution in [2.45, 2.75) is 0 Å². The van der Waals surface area contributed by atoms with E-state index in [0.717, 1.165) is 10.6 Å². The fourth-order valence-corrected chi connectivity index (χ4v) is 3.59. The lowest BCUT2D eigenvalue weighted by atomic mass is 10.1. The number of para-hydroxylation sites is 1. The van der Waals surface area contributed by atoms with Gasteiger partial charge in [-0.2, -0.15) is 0 Å². The molecule has 0 atom stereocenters. The van der Waals surface area contributed by atoms with Gasteiger partial charge in [-0.1, -0.05) is 18.2 Å². The summed E-state index contributed by atoms with van der Waals surface area (Å²) < 4.78 is 36.2. The Labute approximate surface area is 181 Å². The van der Waals surface area contributed by atoms with Crippen molar-refractivity contribution in [1.29, 1.82) is 0 Å². The molecule has 0 bridgehead atoms. The van der Waals surface area contributed by atoms with E-state index < -0.39 is 28.4 Å². The van der Waals surface area contributed by atoms with Crippen LogP contribution in [-0.4, -0.2) is 53.8 Å². The zero-order valence-corrected chi connectivity index (χ0v) is 18.4. The molecule has 31 heavy (non-hydrogen) atoms. The molecule has 2 amide bonds. The summed E-state index contributed by atoms with van der Waals surface area (Å²) in [5.74, 6) is -0.387. The van der Waals surface area contributed by atoms with E-state index in [1.165, 1.54) is 26.4 Å². The third-order valence-electron chi connectivity index (χ3n) is 4.19. The van der Waals surface area contributed by atoms with Crippen molar-refractivity contribution in [3.63, 3.8) is 0 Å². The fourth-order valence-electron chi connectivity index (χ4n) is 2.74. The number of ether oxygens (including phenoxy) is 2. The average molecular weight is 448 g/mol. The highest BCUT2D eigenvalue weighted by Gasteiger charge is 2.25. The summed E-state index contributed by atoms with van der Waals surface area (Å²) in [6.07, 6.45) is 2.51. The molecule has 2 N–H and O–H groups in total. The molecule has 0 radical (unpaired) electrons. The second-order valence-corrected chi connectivity index (χ2v) is 8.31. The summed E-state index contributed by atoms with van der Waals surface area (Å²) in [6.45, 7) is 3.27. The number of anilines is 2. The first-order valence-corrected chi connectivity index (χ1v) is 11.0. The molecular weight excluding hydrogens is 422 g/mol. The highest BCUT2D eigenvalue weighted by molar-refractivity contribution is 7.92. The zero-order valence-electron chi connectivity index (χ0n) is 17.5. The molecule has 0 fully saturated rings. The van der Waals surface area contributed by atoms with Crippen LogP contribution < -0.4 is 24.4 Å². The number of hydrogen-bond donors (Lipinski definition) is 2. The number of hydrogen-bond acceptors (Lipinski definition) is 6. The van der Waals surface area contributed by atoms with Gasteiger partial charge in [-0.25, -0.2) is 8.42 Å². The van der Waals surface area contributed by atoms with Gasteiger partial charge in [0.25, 0.3) is 5.91 Å². The maximum Gasteiger partial charge on any atom is 0.253 e. The predicted molar refractivity (Wildman–Crippen MR) is 119 cm³/mol. The molecule has 2 rings (SSSR count). The van der Waals surface area contributed by atoms with Gasteiger partial charge >= 0.3 is 0 Å². The first-order chi connectivity index (χ1) is 14.7. The van der Waals surface area contributed by atoms with Crippen LogP contribution in [0.2, 0.25) is 0 Å². The molecule has 0 saturated carbocycles. The maximum absolute atomic E-state index is 12.7. The number of carbonyl (C=O) groups is 2. The number of rotatable bonds is 10. The molecule has 0 heterocycles. The van der Waals surface area contributed by atoms with E-state index in [-0.39, 0.29) is 29.2 Å². The minimum Gasteiger partial charge on any atom is -0.497 e. The number of carbonyl (C=O) groups excluding carboxylic acids is 2. The Morgan fingerprint density at radius 1 is 1.13 bits per heavy atom. The maximum atomic E-state index is 12.7. The standard InChI is InChI=1S/C21H25N3O6S/c1-5-12-22-21(26)16-8-6-7-9-17(16)23-20(25)14-24(31(4,27)28)18-13-15(29-2)10-11-19(18)30-3/h5-11,13H,1,12,14H2,2-4H3,(H,22,26)(H,23,25). The summed E-state index contributed by atoms with van der Waals surface area (Å²) >= 11 is 0. The summed E-state index contributed by atoms with van der Waals surface area (Å²) in [5, 5.41) is 5.24. The second kappa shape index (κ2) is 10.5. The van der Waals surface area contributed by atoms with Crippen LogP contribution in [0.5, 0.6) is 11.5 Å². The summed E-state index contributed by atoms with van der Waals surface area (Å²) in [4.78, 5) is 25.1. The molecule has 0 spiro atoms. The van der Waals surface area contributed by atoms with Crippen molar-refractivity contribution in [3.8, 4) is 11.5 Å². The van der Waals surface area contributed by atoms with E-state index in [0.29, 0.717) is 5.75 Å². The largest absolute Gasteiger partial charge is 0.497 e. The Kier molecular flexibility index (Phi) is 8.03. The molecule has 9 nitrogen and oxygen atoms in total. The second-order valence-electron chi connectivity index (χ2n) is 6.40. The van der Waals surface area contributed by atoms with Crippen LogP contribution in [-0.2, 0) is 14.8 Å². The average Bonchev–Trinajstić information content (AvgIpc) is 2.75. The van der Waals surface area contributed by atoms with E-state index in [4.69, 9.17) is 9.47 Å². The summed E-state index contributed by atoms with van der Waals surface area (Å²) in [7, 11) is -1.02. The minimum absolute atomic E-state index is 0.150. The molecule has 0 saturated heterocycles. The Balaban J connectivity index is 2.33. The number of amides is 2. The topological polar surface area (TPSA) is 114 Å². The molecule has 166 valence electrons. The number of nitrogens with one attached hydrogen (secondary N) is 2. The van der Waals surface area contributed by atoms with Crippen LogP contribution in [0.1, 0.15) is 10.4 Å². The van der Waals surface area contributed by atoms with Crippen molar-refractivity contribution in [2.24, 2.45) is 0 Å². The highest BCUT2D eigenvalue weighted by Crippen LogP contribution is 2.33. The number of nitrogens with zero attached hydrogens (tertiary/aromatic N) is 1. The quantitative estimate of drug-likeness (QED) is 0.539. The normalized spacial score (nSPS) is 10.7. The van der Waals surface area contributed by atoms with Gasteiger partial charge < -0.3 is 20.1 Å². The highest BCUT2D eigenvalue weighted by atomic mass is 32.2. The molecule has 0 aliphatic rings. The Morgan fingerprint density at radius 3 is 2.45 bits per heavy atom. The molecule has 0 aromatic heterocycles. The molecule has 10 heteroatoms. The molecule has 2 aromatic rings. The lowest BCUT2D eigenvalue weighted by molar-refractivity contribution is -0.114.